The predicted molar refractivity (Wildman–Crippen MR) is 88.0 cm³/mol. The molecule has 6 heteroatoms. The lowest BCUT2D eigenvalue weighted by Gasteiger charge is -2.13. The second kappa shape index (κ2) is 5.30. The molecule has 0 aliphatic carbocycles. The Hall–Kier alpha value is -1.79. The molecule has 3 aromatic rings. The molecule has 0 aliphatic rings. The number of nitrogen functional groups attached to an aromatic ring is 1. The maximum Gasteiger partial charge on any atom is 0.142 e. The van der Waals surface area contributed by atoms with E-state index in [-0.39, 0.29) is 0 Å². The SMILES string of the molecule is COc1ccc(Br)cc1Nc1ccc2scnc2c1N. The number of nitrogens with zero attached hydrogens (tertiary/aromatic N) is 1. The lowest BCUT2D eigenvalue weighted by molar-refractivity contribution is 0.417. The van der Waals surface area contributed by atoms with Crippen molar-refractivity contribution >= 4 is 54.5 Å². The first-order chi connectivity index (χ1) is 9.69. The van der Waals surface area contributed by atoms with Crippen LogP contribution in [0.1, 0.15) is 0 Å². The summed E-state index contributed by atoms with van der Waals surface area (Å²) in [5.74, 6) is 0.756. The fraction of sp³-hybridized carbons (Fsp3) is 0.0714. The zero-order valence-corrected chi connectivity index (χ0v) is 13.1. The van der Waals surface area contributed by atoms with Crippen molar-refractivity contribution in [3.05, 3.63) is 40.3 Å². The van der Waals surface area contributed by atoms with Gasteiger partial charge in [-0.15, -0.1) is 11.3 Å². The maximum absolute atomic E-state index is 6.17. The normalized spacial score (nSPS) is 10.7. The van der Waals surface area contributed by atoms with Crippen molar-refractivity contribution in [2.24, 2.45) is 0 Å². The van der Waals surface area contributed by atoms with E-state index in [9.17, 15) is 0 Å². The molecule has 1 aromatic heterocycles. The van der Waals surface area contributed by atoms with Gasteiger partial charge in [0.15, 0.2) is 0 Å². The fourth-order valence-electron chi connectivity index (χ4n) is 1.98. The Morgan fingerprint density at radius 1 is 1.25 bits per heavy atom. The molecular weight excluding hydrogens is 338 g/mol. The zero-order valence-electron chi connectivity index (χ0n) is 10.7. The standard InChI is InChI=1S/C14H12BrN3OS/c1-19-11-4-2-8(15)6-10(11)18-9-3-5-12-14(13(9)16)17-7-20-12/h2-7,18H,16H2,1H3. The van der Waals surface area contributed by atoms with Gasteiger partial charge in [0.25, 0.3) is 0 Å². The Morgan fingerprint density at radius 3 is 2.90 bits per heavy atom. The molecule has 0 atom stereocenters. The highest BCUT2D eigenvalue weighted by Crippen LogP contribution is 2.35. The van der Waals surface area contributed by atoms with Gasteiger partial charge in [-0.2, -0.15) is 0 Å². The number of anilines is 3. The number of hydrogen-bond acceptors (Lipinski definition) is 5. The molecule has 0 radical (unpaired) electrons. The lowest BCUT2D eigenvalue weighted by atomic mass is 10.2. The summed E-state index contributed by atoms with van der Waals surface area (Å²) in [7, 11) is 1.64. The molecule has 0 bridgehead atoms. The molecule has 0 spiro atoms. The van der Waals surface area contributed by atoms with Crippen molar-refractivity contribution in [3.8, 4) is 5.75 Å². The average Bonchev–Trinajstić information content (AvgIpc) is 2.91. The van der Waals surface area contributed by atoms with Crippen LogP contribution in [0.5, 0.6) is 5.75 Å². The number of halogens is 1. The summed E-state index contributed by atoms with van der Waals surface area (Å²) in [6.45, 7) is 0. The fourth-order valence-corrected chi connectivity index (χ4v) is 3.04. The molecule has 0 unspecified atom stereocenters. The summed E-state index contributed by atoms with van der Waals surface area (Å²) in [5.41, 5.74) is 11.1. The maximum atomic E-state index is 6.17. The minimum atomic E-state index is 0.644. The number of hydrogen-bond donors (Lipinski definition) is 2. The molecule has 2 aromatic carbocycles. The van der Waals surface area contributed by atoms with Gasteiger partial charge in [-0.3, -0.25) is 0 Å². The Bertz CT molecular complexity index is 772. The van der Waals surface area contributed by atoms with Crippen molar-refractivity contribution in [2.75, 3.05) is 18.2 Å². The van der Waals surface area contributed by atoms with Crippen molar-refractivity contribution in [3.63, 3.8) is 0 Å². The number of benzene rings is 2. The van der Waals surface area contributed by atoms with Crippen molar-refractivity contribution in [1.82, 2.24) is 4.98 Å². The molecule has 20 heavy (non-hydrogen) atoms. The van der Waals surface area contributed by atoms with E-state index in [0.29, 0.717) is 5.69 Å². The number of ether oxygens (including phenoxy) is 1. The molecule has 0 aliphatic heterocycles. The summed E-state index contributed by atoms with van der Waals surface area (Å²) < 4.78 is 7.39. The van der Waals surface area contributed by atoms with Crippen molar-refractivity contribution in [2.45, 2.75) is 0 Å². The van der Waals surface area contributed by atoms with Gasteiger partial charge in [0.05, 0.1) is 34.4 Å². The Labute approximate surface area is 128 Å². The van der Waals surface area contributed by atoms with E-state index in [1.807, 2.05) is 30.3 Å². The van der Waals surface area contributed by atoms with Gasteiger partial charge in [-0.1, -0.05) is 15.9 Å². The van der Waals surface area contributed by atoms with Crippen LogP contribution < -0.4 is 15.8 Å². The van der Waals surface area contributed by atoms with Gasteiger partial charge >= 0.3 is 0 Å². The molecular formula is C14H12BrN3OS. The van der Waals surface area contributed by atoms with Crippen LogP contribution in [0, 0.1) is 0 Å². The summed E-state index contributed by atoms with van der Waals surface area (Å²) >= 11 is 5.03. The van der Waals surface area contributed by atoms with Gasteiger partial charge < -0.3 is 15.8 Å². The number of methoxy groups -OCH3 is 1. The van der Waals surface area contributed by atoms with Crippen molar-refractivity contribution in [1.29, 1.82) is 0 Å². The number of nitrogens with one attached hydrogen (secondary N) is 1. The van der Waals surface area contributed by atoms with Gasteiger partial charge in [0.1, 0.15) is 11.3 Å². The van der Waals surface area contributed by atoms with Gasteiger partial charge in [-0.05, 0) is 30.3 Å². The quantitative estimate of drug-likeness (QED) is 0.688. The molecule has 3 rings (SSSR count). The summed E-state index contributed by atoms with van der Waals surface area (Å²) in [5, 5.41) is 3.30. The van der Waals surface area contributed by atoms with Crippen LogP contribution in [-0.4, -0.2) is 12.1 Å². The molecule has 0 saturated heterocycles. The number of fused-ring (bicyclic) bond motifs is 1. The van der Waals surface area contributed by atoms with Gasteiger partial charge in [0, 0.05) is 4.47 Å². The third-order valence-corrected chi connectivity index (χ3v) is 4.26. The van der Waals surface area contributed by atoms with Crippen LogP contribution in [0.2, 0.25) is 0 Å². The molecule has 102 valence electrons. The van der Waals surface area contributed by atoms with Crippen LogP contribution in [0.15, 0.2) is 40.3 Å². The van der Waals surface area contributed by atoms with Crippen LogP contribution in [0.4, 0.5) is 17.1 Å². The highest BCUT2D eigenvalue weighted by Gasteiger charge is 2.10. The highest BCUT2D eigenvalue weighted by atomic mass is 79.9. The van der Waals surface area contributed by atoms with E-state index >= 15 is 0 Å². The zero-order chi connectivity index (χ0) is 14.1. The van der Waals surface area contributed by atoms with E-state index in [1.54, 1.807) is 24.0 Å². The van der Waals surface area contributed by atoms with E-state index in [4.69, 9.17) is 10.5 Å². The molecule has 0 fully saturated rings. The van der Waals surface area contributed by atoms with E-state index < -0.39 is 0 Å². The minimum absolute atomic E-state index is 0.644. The Morgan fingerprint density at radius 2 is 2.10 bits per heavy atom. The molecule has 4 nitrogen and oxygen atoms in total. The number of aromatic nitrogens is 1. The van der Waals surface area contributed by atoms with E-state index in [0.717, 1.165) is 31.8 Å². The van der Waals surface area contributed by atoms with Crippen molar-refractivity contribution < 1.29 is 4.74 Å². The smallest absolute Gasteiger partial charge is 0.142 e. The highest BCUT2D eigenvalue weighted by molar-refractivity contribution is 9.10. The molecule has 3 N–H and O–H groups in total. The minimum Gasteiger partial charge on any atom is -0.495 e. The number of rotatable bonds is 3. The number of nitrogens with two attached hydrogens (primary N) is 1. The lowest BCUT2D eigenvalue weighted by Crippen LogP contribution is -1.99. The molecule has 0 amide bonds. The van der Waals surface area contributed by atoms with E-state index in [2.05, 4.69) is 26.2 Å². The third kappa shape index (κ3) is 2.32. The van der Waals surface area contributed by atoms with Gasteiger partial charge in [-0.25, -0.2) is 4.98 Å². The average molecular weight is 350 g/mol. The summed E-state index contributed by atoms with van der Waals surface area (Å²) in [6.07, 6.45) is 0. The first-order valence-electron chi connectivity index (χ1n) is 5.91. The Balaban J connectivity index is 2.04. The second-order valence-corrected chi connectivity index (χ2v) is 6.00. The molecule has 1 heterocycles. The second-order valence-electron chi connectivity index (χ2n) is 4.20. The first-order valence-corrected chi connectivity index (χ1v) is 7.58. The first kappa shape index (κ1) is 13.2. The third-order valence-electron chi connectivity index (χ3n) is 2.97. The van der Waals surface area contributed by atoms with Crippen LogP contribution in [0.3, 0.4) is 0 Å². The summed E-state index contributed by atoms with van der Waals surface area (Å²) in [4.78, 5) is 4.29. The Kier molecular flexibility index (Phi) is 3.50. The predicted octanol–water partition coefficient (Wildman–Crippen LogP) is 4.39. The van der Waals surface area contributed by atoms with Crippen LogP contribution >= 0.6 is 27.3 Å². The van der Waals surface area contributed by atoms with Gasteiger partial charge in [0.2, 0.25) is 0 Å². The largest absolute Gasteiger partial charge is 0.495 e. The molecule has 0 saturated carbocycles. The summed E-state index contributed by atoms with van der Waals surface area (Å²) in [6, 6.07) is 9.73. The van der Waals surface area contributed by atoms with E-state index in [1.165, 1.54) is 0 Å². The monoisotopic (exact) mass is 349 g/mol. The van der Waals surface area contributed by atoms with Crippen LogP contribution in [0.25, 0.3) is 10.2 Å². The van der Waals surface area contributed by atoms with Crippen LogP contribution in [-0.2, 0) is 0 Å². The number of thiazole rings is 1. The topological polar surface area (TPSA) is 60.2 Å².